The lowest BCUT2D eigenvalue weighted by Crippen LogP contribution is -2.66. The molecule has 1 aliphatic rings. The quantitative estimate of drug-likeness (QED) is 0.0964. The largest absolute Gasteiger partial charge is 0.332 e. The molecule has 13 heteroatoms. The van der Waals surface area contributed by atoms with E-state index in [1.807, 2.05) is 0 Å². The highest BCUT2D eigenvalue weighted by Crippen LogP contribution is 2.53. The van der Waals surface area contributed by atoms with E-state index in [2.05, 4.69) is 0 Å². The van der Waals surface area contributed by atoms with Crippen LogP contribution in [0.3, 0.4) is 0 Å². The molecule has 0 radical (unpaired) electrons. The lowest BCUT2D eigenvalue weighted by molar-refractivity contribution is -0.333. The normalized spacial score (nSPS) is 15.4. The number of imide groups is 2. The van der Waals surface area contributed by atoms with Gasteiger partial charge in [0.15, 0.2) is 11.2 Å². The Hall–Kier alpha value is -3.51. The van der Waals surface area contributed by atoms with Crippen LogP contribution in [-0.2, 0) is 30.6 Å². The summed E-state index contributed by atoms with van der Waals surface area (Å²) in [6.07, 6.45) is -1.18. The van der Waals surface area contributed by atoms with Crippen molar-refractivity contribution in [3.63, 3.8) is 0 Å². The zero-order valence-corrected chi connectivity index (χ0v) is 28.0. The number of hydrogen-bond acceptors (Lipinski definition) is 7. The van der Waals surface area contributed by atoms with Crippen molar-refractivity contribution in [1.82, 2.24) is 9.80 Å². The van der Waals surface area contributed by atoms with Crippen LogP contribution in [0.4, 0.5) is 4.79 Å². The standard InChI is InChI=1S/C34H28Cl4N2O7/c1-39-29(41)32(30(42)40(2)31(39)43,19-33(46-44,21-3-11-25(35)12-4-21)22-5-13-26(36)14-6-22)20-34(47-45,23-7-15-27(37)16-8-23)24-9-17-28(38)18-10-24/h3-18,44-45H,19-20H2,1-2H3. The second-order valence-electron chi connectivity index (χ2n) is 11.3. The van der Waals surface area contributed by atoms with E-state index in [0.29, 0.717) is 42.3 Å². The molecule has 0 aliphatic carbocycles. The van der Waals surface area contributed by atoms with Gasteiger partial charge < -0.3 is 0 Å². The highest BCUT2D eigenvalue weighted by molar-refractivity contribution is 6.31. The number of carbonyl (C=O) groups excluding carboxylic acids is 3. The Labute approximate surface area is 290 Å². The zero-order valence-electron chi connectivity index (χ0n) is 25.0. The van der Waals surface area contributed by atoms with Gasteiger partial charge in [-0.15, -0.1) is 0 Å². The molecule has 0 unspecified atom stereocenters. The number of rotatable bonds is 10. The van der Waals surface area contributed by atoms with E-state index < -0.39 is 47.3 Å². The maximum absolute atomic E-state index is 14.6. The van der Waals surface area contributed by atoms with Crippen molar-refractivity contribution in [3.8, 4) is 0 Å². The molecule has 1 aliphatic heterocycles. The lowest BCUT2D eigenvalue weighted by Gasteiger charge is -2.48. The highest BCUT2D eigenvalue weighted by Gasteiger charge is 2.63. The summed E-state index contributed by atoms with van der Waals surface area (Å²) in [5.74, 6) is -1.86. The average molecular weight is 718 g/mol. The fraction of sp³-hybridized carbons (Fsp3) is 0.206. The third-order valence-corrected chi connectivity index (χ3v) is 9.67. The predicted octanol–water partition coefficient (Wildman–Crippen LogP) is 8.28. The summed E-state index contributed by atoms with van der Waals surface area (Å²) in [5, 5.41) is 23.3. The number of halogens is 4. The monoisotopic (exact) mass is 716 g/mol. The van der Waals surface area contributed by atoms with Gasteiger partial charge in [0, 0.05) is 47.0 Å². The minimum atomic E-state index is -2.26. The molecular weight excluding hydrogens is 690 g/mol. The van der Waals surface area contributed by atoms with Crippen LogP contribution >= 0.6 is 46.4 Å². The fourth-order valence-corrected chi connectivity index (χ4v) is 6.74. The Morgan fingerprint density at radius 1 is 0.532 bits per heavy atom. The Morgan fingerprint density at radius 3 is 0.979 bits per heavy atom. The van der Waals surface area contributed by atoms with Crippen molar-refractivity contribution < 1.29 is 34.7 Å². The van der Waals surface area contributed by atoms with Gasteiger partial charge >= 0.3 is 6.03 Å². The molecule has 0 atom stereocenters. The SMILES string of the molecule is CN1C(=O)N(C)C(=O)C(CC(OO)(c2ccc(Cl)cc2)c2ccc(Cl)cc2)(CC(OO)(c2ccc(Cl)cc2)c2ccc(Cl)cc2)C1=O. The van der Waals surface area contributed by atoms with Crippen molar-refractivity contribution in [2.45, 2.75) is 24.0 Å². The minimum absolute atomic E-state index is 0.308. The number of nitrogens with zero attached hydrogens (tertiary/aromatic N) is 2. The molecule has 4 amide bonds. The fourth-order valence-electron chi connectivity index (χ4n) is 6.24. The number of barbiturate groups is 1. The van der Waals surface area contributed by atoms with Gasteiger partial charge in [0.25, 0.3) is 0 Å². The summed E-state index contributed by atoms with van der Waals surface area (Å²) in [5.41, 5.74) is -4.91. The molecule has 5 rings (SSSR count). The zero-order chi connectivity index (χ0) is 34.1. The van der Waals surface area contributed by atoms with Gasteiger partial charge in [0.2, 0.25) is 11.8 Å². The molecule has 1 saturated heterocycles. The summed E-state index contributed by atoms with van der Waals surface area (Å²) in [6.45, 7) is 0. The topological polar surface area (TPSA) is 117 Å². The van der Waals surface area contributed by atoms with Crippen LogP contribution in [0.1, 0.15) is 35.1 Å². The molecule has 0 spiro atoms. The molecule has 2 N–H and O–H groups in total. The second-order valence-corrected chi connectivity index (χ2v) is 13.1. The van der Waals surface area contributed by atoms with Crippen LogP contribution in [-0.4, -0.2) is 52.3 Å². The van der Waals surface area contributed by atoms with Crippen LogP contribution in [0, 0.1) is 5.41 Å². The smallest absolute Gasteiger partial charge is 0.273 e. The van der Waals surface area contributed by atoms with E-state index in [-0.39, 0.29) is 0 Å². The number of hydrogen-bond donors (Lipinski definition) is 2. The second kappa shape index (κ2) is 13.5. The van der Waals surface area contributed by atoms with Crippen LogP contribution in [0.25, 0.3) is 0 Å². The van der Waals surface area contributed by atoms with Crippen molar-refractivity contribution in [1.29, 1.82) is 0 Å². The molecule has 4 aromatic carbocycles. The van der Waals surface area contributed by atoms with Gasteiger partial charge in [-0.1, -0.05) is 94.9 Å². The van der Waals surface area contributed by atoms with E-state index in [1.54, 1.807) is 97.1 Å². The van der Waals surface area contributed by atoms with E-state index in [9.17, 15) is 24.9 Å². The first-order chi connectivity index (χ1) is 22.3. The molecule has 47 heavy (non-hydrogen) atoms. The Balaban J connectivity index is 1.85. The van der Waals surface area contributed by atoms with E-state index in [4.69, 9.17) is 56.2 Å². The molecule has 0 saturated carbocycles. The number of amides is 4. The van der Waals surface area contributed by atoms with Gasteiger partial charge in [-0.25, -0.2) is 14.6 Å². The summed E-state index contributed by atoms with van der Waals surface area (Å²) < 4.78 is 0. The minimum Gasteiger partial charge on any atom is -0.273 e. The predicted molar refractivity (Wildman–Crippen MR) is 177 cm³/mol. The molecule has 0 bridgehead atoms. The molecule has 0 aromatic heterocycles. The Morgan fingerprint density at radius 2 is 0.766 bits per heavy atom. The van der Waals surface area contributed by atoms with Gasteiger partial charge in [0.1, 0.15) is 5.41 Å². The molecule has 244 valence electrons. The van der Waals surface area contributed by atoms with Crippen molar-refractivity contribution >= 4 is 64.2 Å². The average Bonchev–Trinajstić information content (AvgIpc) is 3.08. The highest BCUT2D eigenvalue weighted by atomic mass is 35.5. The van der Waals surface area contributed by atoms with E-state index in [1.165, 1.54) is 14.1 Å². The Bertz CT molecular complexity index is 1560. The molecule has 1 heterocycles. The van der Waals surface area contributed by atoms with E-state index in [0.717, 1.165) is 9.80 Å². The summed E-state index contributed by atoms with van der Waals surface area (Å²) >= 11 is 24.8. The van der Waals surface area contributed by atoms with Crippen molar-refractivity contribution in [3.05, 3.63) is 139 Å². The van der Waals surface area contributed by atoms with Crippen LogP contribution < -0.4 is 0 Å². The summed E-state index contributed by atoms with van der Waals surface area (Å²) in [6, 6.07) is 24.2. The first-order valence-electron chi connectivity index (χ1n) is 14.1. The third kappa shape index (κ3) is 6.14. The maximum Gasteiger partial charge on any atom is 0.332 e. The first-order valence-corrected chi connectivity index (χ1v) is 15.6. The van der Waals surface area contributed by atoms with Gasteiger partial charge in [-0.2, -0.15) is 0 Å². The van der Waals surface area contributed by atoms with Crippen LogP contribution in [0.5, 0.6) is 0 Å². The number of carbonyl (C=O) groups is 3. The van der Waals surface area contributed by atoms with Crippen LogP contribution in [0.2, 0.25) is 20.1 Å². The summed E-state index contributed by atoms with van der Waals surface area (Å²) in [4.78, 5) is 54.7. The van der Waals surface area contributed by atoms with Crippen molar-refractivity contribution in [2.24, 2.45) is 5.41 Å². The molecule has 4 aromatic rings. The van der Waals surface area contributed by atoms with E-state index >= 15 is 0 Å². The van der Waals surface area contributed by atoms with Crippen molar-refractivity contribution in [2.75, 3.05) is 14.1 Å². The Kier molecular flexibility index (Phi) is 10.0. The lowest BCUT2D eigenvalue weighted by atomic mass is 9.63. The summed E-state index contributed by atoms with van der Waals surface area (Å²) in [7, 11) is 2.47. The first kappa shape index (κ1) is 34.8. The van der Waals surface area contributed by atoms with Gasteiger partial charge in [-0.3, -0.25) is 29.9 Å². The van der Waals surface area contributed by atoms with Gasteiger partial charge in [0.05, 0.1) is 0 Å². The molecule has 9 nitrogen and oxygen atoms in total. The maximum atomic E-state index is 14.6. The third-order valence-electron chi connectivity index (χ3n) is 8.66. The molecular formula is C34H28Cl4N2O7. The number of urea groups is 1. The molecule has 1 fully saturated rings. The number of benzene rings is 4. The van der Waals surface area contributed by atoms with Crippen LogP contribution in [0.15, 0.2) is 97.1 Å². The van der Waals surface area contributed by atoms with Gasteiger partial charge in [-0.05, 0) is 70.8 Å².